The Hall–Kier alpha value is -1.26. The number of rotatable bonds is 3. The molecule has 0 aliphatic rings. The van der Waals surface area contributed by atoms with Crippen LogP contribution in [0.3, 0.4) is 0 Å². The van der Waals surface area contributed by atoms with Crippen LogP contribution in [0.4, 0.5) is 0 Å². The number of halogens is 1. The lowest BCUT2D eigenvalue weighted by molar-refractivity contribution is 0.590. The number of aromatic nitrogens is 2. The largest absolute Gasteiger partial charge is 0.286 e. The molecule has 0 amide bonds. The first-order valence-corrected chi connectivity index (χ1v) is 9.09. The van der Waals surface area contributed by atoms with Crippen molar-refractivity contribution in [3.8, 4) is 0 Å². The fraction of sp³-hybridized carbons (Fsp3) is 0.444. The number of aryl methyl sites for hydroxylation is 1. The summed E-state index contributed by atoms with van der Waals surface area (Å²) in [6, 6.07) is 8.55. The van der Waals surface area contributed by atoms with Crippen molar-refractivity contribution in [2.75, 3.05) is 0 Å². The van der Waals surface area contributed by atoms with Crippen molar-refractivity contribution < 1.29 is 0 Å². The molecule has 0 N–H and O–H groups in total. The van der Waals surface area contributed by atoms with Crippen LogP contribution in [0.15, 0.2) is 40.2 Å². The summed E-state index contributed by atoms with van der Waals surface area (Å²) in [5, 5.41) is 4.24. The fourth-order valence-corrected chi connectivity index (χ4v) is 3.04. The molecule has 0 aliphatic heterocycles. The van der Waals surface area contributed by atoms with Gasteiger partial charge < -0.3 is 0 Å². The maximum absolute atomic E-state index is 11.7. The van der Waals surface area contributed by atoms with Gasteiger partial charge >= 0.3 is 0 Å². The molecule has 0 radical (unpaired) electrons. The highest BCUT2D eigenvalue weighted by Crippen LogP contribution is 2.28. The van der Waals surface area contributed by atoms with E-state index in [2.05, 4.69) is 50.1 Å². The van der Waals surface area contributed by atoms with Crippen molar-refractivity contribution in [2.24, 2.45) is 7.05 Å². The van der Waals surface area contributed by atoms with Crippen molar-refractivity contribution in [1.82, 2.24) is 9.78 Å². The Labute approximate surface area is 148 Å². The molecule has 0 unspecified atom stereocenters. The predicted molar refractivity (Wildman–Crippen MR) is 101 cm³/mol. The zero-order chi connectivity index (χ0) is 17.6. The third kappa shape index (κ3) is 5.40. The highest BCUT2D eigenvalue weighted by molar-refractivity contribution is 7.98. The highest BCUT2D eigenvalue weighted by Gasteiger charge is 2.13. The van der Waals surface area contributed by atoms with Gasteiger partial charge in [0.2, 0.25) is 0 Å². The molecule has 5 heteroatoms. The van der Waals surface area contributed by atoms with E-state index >= 15 is 0 Å². The zero-order valence-corrected chi connectivity index (χ0v) is 16.3. The molecule has 0 atom stereocenters. The standard InChI is InChI=1S/C16H19ClN2OS.C2H6/c1-16(2,3)12-7-5-11(6-8-12)10-21-13-9-18-19(4)15(20)14(13)17;1-2/h5-9H,10H2,1-4H3;1-2H3. The lowest BCUT2D eigenvalue weighted by Gasteiger charge is -2.19. The summed E-state index contributed by atoms with van der Waals surface area (Å²) in [6.07, 6.45) is 1.64. The SMILES string of the molecule is CC.Cn1ncc(SCc2ccc(C(C)(C)C)cc2)c(Cl)c1=O. The molecule has 0 spiro atoms. The first-order chi connectivity index (χ1) is 10.8. The second kappa shape index (κ2) is 8.55. The number of benzene rings is 1. The minimum absolute atomic E-state index is 0.157. The Morgan fingerprint density at radius 3 is 2.26 bits per heavy atom. The molecule has 0 aliphatic carbocycles. The molecule has 3 nitrogen and oxygen atoms in total. The van der Waals surface area contributed by atoms with Crippen LogP contribution < -0.4 is 5.56 Å². The lowest BCUT2D eigenvalue weighted by Crippen LogP contribution is -2.19. The summed E-state index contributed by atoms with van der Waals surface area (Å²) >= 11 is 7.58. The minimum atomic E-state index is -0.259. The second-order valence-electron chi connectivity index (χ2n) is 5.99. The maximum Gasteiger partial charge on any atom is 0.286 e. The predicted octanol–water partition coefficient (Wildman–Crippen LogP) is 5.05. The lowest BCUT2D eigenvalue weighted by atomic mass is 9.87. The Morgan fingerprint density at radius 2 is 1.74 bits per heavy atom. The van der Waals surface area contributed by atoms with Gasteiger partial charge in [0.25, 0.3) is 5.56 Å². The fourth-order valence-electron chi connectivity index (χ4n) is 1.86. The van der Waals surface area contributed by atoms with Gasteiger partial charge in [-0.1, -0.05) is 70.5 Å². The Kier molecular flexibility index (Phi) is 7.36. The Bertz CT molecular complexity index is 688. The van der Waals surface area contributed by atoms with Crippen LogP contribution in [-0.4, -0.2) is 9.78 Å². The molecule has 2 aromatic rings. The summed E-state index contributed by atoms with van der Waals surface area (Å²) in [5.41, 5.74) is 2.41. The minimum Gasteiger partial charge on any atom is -0.266 e. The molecule has 2 rings (SSSR count). The number of hydrogen-bond donors (Lipinski definition) is 0. The van der Waals surface area contributed by atoms with E-state index in [0.717, 1.165) is 10.6 Å². The quantitative estimate of drug-likeness (QED) is 0.725. The third-order valence-electron chi connectivity index (χ3n) is 3.26. The van der Waals surface area contributed by atoms with Crippen molar-refractivity contribution in [1.29, 1.82) is 0 Å². The molecular weight excluding hydrogens is 328 g/mol. The van der Waals surface area contributed by atoms with Gasteiger partial charge in [-0.3, -0.25) is 4.79 Å². The summed E-state index contributed by atoms with van der Waals surface area (Å²) < 4.78 is 1.24. The van der Waals surface area contributed by atoms with Gasteiger partial charge in [-0.25, -0.2) is 4.68 Å². The highest BCUT2D eigenvalue weighted by atomic mass is 35.5. The van der Waals surface area contributed by atoms with Gasteiger partial charge in [0.15, 0.2) is 0 Å². The van der Waals surface area contributed by atoms with Crippen molar-refractivity contribution in [2.45, 2.75) is 50.7 Å². The van der Waals surface area contributed by atoms with Gasteiger partial charge in [0.05, 0.1) is 11.1 Å². The summed E-state index contributed by atoms with van der Waals surface area (Å²) in [7, 11) is 1.59. The van der Waals surface area contributed by atoms with Gasteiger partial charge in [0, 0.05) is 12.8 Å². The Balaban J connectivity index is 0.00000127. The average molecular weight is 353 g/mol. The van der Waals surface area contributed by atoms with E-state index in [0.29, 0.717) is 0 Å². The number of thioether (sulfide) groups is 1. The summed E-state index contributed by atoms with van der Waals surface area (Å²) in [4.78, 5) is 12.4. The van der Waals surface area contributed by atoms with Crippen LogP contribution >= 0.6 is 23.4 Å². The van der Waals surface area contributed by atoms with Crippen LogP contribution in [0, 0.1) is 0 Å². The molecule has 1 aromatic heterocycles. The van der Waals surface area contributed by atoms with E-state index < -0.39 is 0 Å². The molecule has 0 saturated carbocycles. The number of hydrogen-bond acceptors (Lipinski definition) is 3. The zero-order valence-electron chi connectivity index (χ0n) is 14.7. The summed E-state index contributed by atoms with van der Waals surface area (Å²) in [5.74, 6) is 0.763. The van der Waals surface area contributed by atoms with E-state index in [-0.39, 0.29) is 16.0 Å². The second-order valence-corrected chi connectivity index (χ2v) is 7.38. The molecule has 23 heavy (non-hydrogen) atoms. The van der Waals surface area contributed by atoms with Crippen LogP contribution in [-0.2, 0) is 18.2 Å². The third-order valence-corrected chi connectivity index (χ3v) is 4.84. The van der Waals surface area contributed by atoms with E-state index in [1.807, 2.05) is 13.8 Å². The van der Waals surface area contributed by atoms with E-state index in [9.17, 15) is 4.79 Å². The normalized spacial score (nSPS) is 10.9. The van der Waals surface area contributed by atoms with Crippen molar-refractivity contribution in [3.05, 3.63) is 57.0 Å². The van der Waals surface area contributed by atoms with Crippen molar-refractivity contribution >= 4 is 23.4 Å². The van der Waals surface area contributed by atoms with Crippen molar-refractivity contribution in [3.63, 3.8) is 0 Å². The average Bonchev–Trinajstić information content (AvgIpc) is 2.53. The molecule has 1 heterocycles. The molecule has 0 bridgehead atoms. The van der Waals surface area contributed by atoms with Crippen LogP contribution in [0.5, 0.6) is 0 Å². The molecule has 0 saturated heterocycles. The monoisotopic (exact) mass is 352 g/mol. The van der Waals surface area contributed by atoms with Crippen LogP contribution in [0.25, 0.3) is 0 Å². The van der Waals surface area contributed by atoms with Crippen LogP contribution in [0.2, 0.25) is 5.02 Å². The smallest absolute Gasteiger partial charge is 0.266 e. The van der Waals surface area contributed by atoms with Crippen LogP contribution in [0.1, 0.15) is 45.7 Å². The van der Waals surface area contributed by atoms with E-state index in [1.54, 1.807) is 13.2 Å². The van der Waals surface area contributed by atoms with Gasteiger partial charge in [0.1, 0.15) is 5.02 Å². The summed E-state index contributed by atoms with van der Waals surface area (Å²) in [6.45, 7) is 10.6. The first-order valence-electron chi connectivity index (χ1n) is 7.73. The van der Waals surface area contributed by atoms with E-state index in [4.69, 9.17) is 11.6 Å². The molecule has 126 valence electrons. The van der Waals surface area contributed by atoms with Gasteiger partial charge in [-0.2, -0.15) is 5.10 Å². The molecular formula is C18H25ClN2OS. The first kappa shape index (κ1) is 19.8. The topological polar surface area (TPSA) is 34.9 Å². The van der Waals surface area contributed by atoms with E-state index in [1.165, 1.54) is 27.6 Å². The van der Waals surface area contributed by atoms with Gasteiger partial charge in [-0.15, -0.1) is 11.8 Å². The molecule has 0 fully saturated rings. The Morgan fingerprint density at radius 1 is 1.17 bits per heavy atom. The van der Waals surface area contributed by atoms with Gasteiger partial charge in [-0.05, 0) is 16.5 Å². The molecule has 1 aromatic carbocycles. The maximum atomic E-state index is 11.7. The number of nitrogens with zero attached hydrogens (tertiary/aromatic N) is 2.